The zero-order valence-corrected chi connectivity index (χ0v) is 12.8. The Labute approximate surface area is 139 Å². The molecule has 0 saturated heterocycles. The van der Waals surface area contributed by atoms with Gasteiger partial charge in [0.2, 0.25) is 5.96 Å². The monoisotopic (exact) mass is 364 g/mol. The first-order chi connectivity index (χ1) is 11.6. The maximum Gasteiger partial charge on any atom is 0.416 e. The van der Waals surface area contributed by atoms with E-state index in [1.165, 1.54) is 0 Å². The van der Waals surface area contributed by atoms with Crippen molar-refractivity contribution in [1.82, 2.24) is 10.6 Å². The van der Waals surface area contributed by atoms with Crippen molar-refractivity contribution in [2.24, 2.45) is 4.99 Å². The molecule has 2 rings (SSSR count). The summed E-state index contributed by atoms with van der Waals surface area (Å²) in [6, 6.07) is 1.00. The topological polar surface area (TPSA) is 60.2 Å². The van der Waals surface area contributed by atoms with E-state index in [0.717, 1.165) is 25.7 Å². The second-order valence-electron chi connectivity index (χ2n) is 5.59. The number of alkyl halides is 6. The Bertz CT molecular complexity index is 648. The third-order valence-corrected chi connectivity index (χ3v) is 3.68. The van der Waals surface area contributed by atoms with Crippen LogP contribution in [0.2, 0.25) is 0 Å². The molecule has 0 bridgehead atoms. The number of nitriles is 1. The quantitative estimate of drug-likeness (QED) is 0.270. The summed E-state index contributed by atoms with van der Waals surface area (Å²) in [5, 5.41) is 13.7. The van der Waals surface area contributed by atoms with E-state index in [1.807, 2.05) is 0 Å². The zero-order chi connectivity index (χ0) is 18.7. The van der Waals surface area contributed by atoms with Gasteiger partial charge in [-0.05, 0) is 31.0 Å². The molecule has 0 atom stereocenters. The highest BCUT2D eigenvalue weighted by Crippen LogP contribution is 2.38. The Morgan fingerprint density at radius 2 is 1.52 bits per heavy atom. The summed E-state index contributed by atoms with van der Waals surface area (Å²) in [6.07, 6.45) is -4.89. The maximum absolute atomic E-state index is 12.8. The molecule has 10 heteroatoms. The van der Waals surface area contributed by atoms with Gasteiger partial charge in [0.1, 0.15) is 0 Å². The molecule has 1 fully saturated rings. The van der Waals surface area contributed by atoms with E-state index in [1.54, 1.807) is 6.19 Å². The first-order valence-electron chi connectivity index (χ1n) is 7.39. The third-order valence-electron chi connectivity index (χ3n) is 3.68. The van der Waals surface area contributed by atoms with Crippen LogP contribution < -0.4 is 10.6 Å². The van der Waals surface area contributed by atoms with Gasteiger partial charge in [-0.25, -0.2) is 4.99 Å². The van der Waals surface area contributed by atoms with Gasteiger partial charge in [-0.1, -0.05) is 12.8 Å². The van der Waals surface area contributed by atoms with Gasteiger partial charge in [-0.2, -0.15) is 31.6 Å². The molecule has 0 spiro atoms. The van der Waals surface area contributed by atoms with Crippen LogP contribution in [0.25, 0.3) is 0 Å². The molecule has 1 aliphatic carbocycles. The van der Waals surface area contributed by atoms with Gasteiger partial charge in [0, 0.05) is 6.04 Å². The lowest BCUT2D eigenvalue weighted by Gasteiger charge is -2.16. The second-order valence-corrected chi connectivity index (χ2v) is 5.59. The molecular weight excluding hydrogens is 350 g/mol. The lowest BCUT2D eigenvalue weighted by atomic mass is 10.1. The van der Waals surface area contributed by atoms with Crippen LogP contribution in [-0.4, -0.2) is 12.0 Å². The Hall–Kier alpha value is -2.44. The molecule has 4 nitrogen and oxygen atoms in total. The van der Waals surface area contributed by atoms with Crippen LogP contribution >= 0.6 is 0 Å². The summed E-state index contributed by atoms with van der Waals surface area (Å²) < 4.78 is 77.1. The van der Waals surface area contributed by atoms with Crippen molar-refractivity contribution in [3.05, 3.63) is 29.3 Å². The minimum Gasteiger partial charge on any atom is -0.353 e. The zero-order valence-electron chi connectivity index (χ0n) is 12.8. The predicted molar refractivity (Wildman–Crippen MR) is 77.7 cm³/mol. The van der Waals surface area contributed by atoms with E-state index >= 15 is 0 Å². The highest BCUT2D eigenvalue weighted by Gasteiger charge is 2.37. The molecule has 136 valence electrons. The fourth-order valence-electron chi connectivity index (χ4n) is 2.54. The molecule has 1 aliphatic rings. The third kappa shape index (κ3) is 5.27. The Morgan fingerprint density at radius 1 is 1.00 bits per heavy atom. The maximum atomic E-state index is 12.8. The van der Waals surface area contributed by atoms with Gasteiger partial charge >= 0.3 is 12.4 Å². The SMILES string of the molecule is N#CNC(=Nc1cc(C(F)(F)F)cc(C(F)(F)F)c1)NC1CCCC1. The van der Waals surface area contributed by atoms with Crippen molar-refractivity contribution in [3.63, 3.8) is 0 Å². The standard InChI is InChI=1S/C15H14F6N4/c16-14(17,18)9-5-10(15(19,20)21)7-12(6-9)25-13(23-8-22)24-11-3-1-2-4-11/h5-7,11H,1-4H2,(H2,23,24,25). The van der Waals surface area contributed by atoms with Crippen molar-refractivity contribution >= 4 is 11.6 Å². The number of nitrogens with one attached hydrogen (secondary N) is 2. The van der Waals surface area contributed by atoms with Gasteiger partial charge in [0.15, 0.2) is 6.19 Å². The second kappa shape index (κ2) is 7.21. The number of aliphatic imine (C=N–C) groups is 1. The van der Waals surface area contributed by atoms with E-state index < -0.39 is 29.2 Å². The van der Waals surface area contributed by atoms with E-state index in [2.05, 4.69) is 15.6 Å². The lowest BCUT2D eigenvalue weighted by molar-refractivity contribution is -0.143. The summed E-state index contributed by atoms with van der Waals surface area (Å²) >= 11 is 0. The van der Waals surface area contributed by atoms with Crippen LogP contribution in [-0.2, 0) is 12.4 Å². The molecular formula is C15H14F6N4. The lowest BCUT2D eigenvalue weighted by Crippen LogP contribution is -2.40. The fraction of sp³-hybridized carbons (Fsp3) is 0.467. The van der Waals surface area contributed by atoms with Gasteiger partial charge in [0.05, 0.1) is 16.8 Å². The van der Waals surface area contributed by atoms with E-state index in [-0.39, 0.29) is 18.1 Å². The summed E-state index contributed by atoms with van der Waals surface area (Å²) in [6.45, 7) is 0. The Morgan fingerprint density at radius 3 is 1.96 bits per heavy atom. The fourth-order valence-corrected chi connectivity index (χ4v) is 2.54. The summed E-state index contributed by atoms with van der Waals surface area (Å²) in [4.78, 5) is 3.73. The minimum absolute atomic E-state index is 0.0286. The molecule has 1 saturated carbocycles. The molecule has 25 heavy (non-hydrogen) atoms. The van der Waals surface area contributed by atoms with Crippen molar-refractivity contribution < 1.29 is 26.3 Å². The number of nitrogens with zero attached hydrogens (tertiary/aromatic N) is 2. The number of benzene rings is 1. The Balaban J connectivity index is 2.41. The smallest absolute Gasteiger partial charge is 0.353 e. The van der Waals surface area contributed by atoms with Crippen LogP contribution in [0.4, 0.5) is 32.0 Å². The van der Waals surface area contributed by atoms with E-state index in [4.69, 9.17) is 5.26 Å². The molecule has 0 unspecified atom stereocenters. The molecule has 1 aromatic carbocycles. The van der Waals surface area contributed by atoms with E-state index in [9.17, 15) is 26.3 Å². The van der Waals surface area contributed by atoms with Crippen molar-refractivity contribution in [1.29, 1.82) is 5.26 Å². The summed E-state index contributed by atoms with van der Waals surface area (Å²) in [5.41, 5.74) is -3.47. The van der Waals surface area contributed by atoms with Crippen molar-refractivity contribution in [3.8, 4) is 6.19 Å². The first kappa shape index (κ1) is 18.9. The average molecular weight is 364 g/mol. The van der Waals surface area contributed by atoms with Crippen LogP contribution in [0.1, 0.15) is 36.8 Å². The molecule has 0 radical (unpaired) electrons. The van der Waals surface area contributed by atoms with Crippen LogP contribution in [0.15, 0.2) is 23.2 Å². The summed E-state index contributed by atoms with van der Waals surface area (Å²) in [7, 11) is 0. The average Bonchev–Trinajstić information content (AvgIpc) is 2.98. The van der Waals surface area contributed by atoms with Crippen LogP contribution in [0.5, 0.6) is 0 Å². The normalized spacial score (nSPS) is 16.6. The first-order valence-corrected chi connectivity index (χ1v) is 7.39. The molecule has 0 amide bonds. The van der Waals surface area contributed by atoms with Gasteiger partial charge < -0.3 is 5.32 Å². The number of rotatable bonds is 2. The van der Waals surface area contributed by atoms with Crippen molar-refractivity contribution in [2.75, 3.05) is 0 Å². The minimum atomic E-state index is -4.95. The van der Waals surface area contributed by atoms with Crippen molar-refractivity contribution in [2.45, 2.75) is 44.1 Å². The largest absolute Gasteiger partial charge is 0.416 e. The van der Waals surface area contributed by atoms with Crippen LogP contribution in [0, 0.1) is 11.5 Å². The molecule has 2 N–H and O–H groups in total. The number of hydrogen-bond donors (Lipinski definition) is 2. The van der Waals surface area contributed by atoms with Crippen LogP contribution in [0.3, 0.4) is 0 Å². The predicted octanol–water partition coefficient (Wildman–Crippen LogP) is 4.31. The molecule has 1 aromatic rings. The number of guanidine groups is 1. The van der Waals surface area contributed by atoms with Gasteiger partial charge in [-0.3, -0.25) is 5.32 Å². The number of hydrogen-bond acceptors (Lipinski definition) is 2. The van der Waals surface area contributed by atoms with E-state index in [0.29, 0.717) is 12.1 Å². The molecule has 0 aliphatic heterocycles. The molecule has 0 heterocycles. The Kier molecular flexibility index (Phi) is 5.45. The van der Waals surface area contributed by atoms with Gasteiger partial charge in [0.25, 0.3) is 0 Å². The number of halogens is 6. The summed E-state index contributed by atoms with van der Waals surface area (Å²) in [5.74, 6) is -0.179. The molecule has 0 aromatic heterocycles. The van der Waals surface area contributed by atoms with Gasteiger partial charge in [-0.15, -0.1) is 0 Å². The highest BCUT2D eigenvalue weighted by molar-refractivity contribution is 5.84. The highest BCUT2D eigenvalue weighted by atomic mass is 19.4.